The van der Waals surface area contributed by atoms with Crippen LogP contribution in [0.2, 0.25) is 0 Å². The minimum atomic E-state index is -0.656. The van der Waals surface area contributed by atoms with Crippen molar-refractivity contribution in [2.24, 2.45) is 0 Å². The molecule has 0 aliphatic heterocycles. The van der Waals surface area contributed by atoms with Crippen LogP contribution >= 0.6 is 11.3 Å². The van der Waals surface area contributed by atoms with Crippen LogP contribution in [0.3, 0.4) is 0 Å². The number of fused-ring (bicyclic) bond motifs is 1. The summed E-state index contributed by atoms with van der Waals surface area (Å²) >= 11 is 1.16. The third-order valence-electron chi connectivity index (χ3n) is 4.21. The number of benzene rings is 1. The normalized spacial score (nSPS) is 10.8. The quantitative estimate of drug-likeness (QED) is 0.570. The fraction of sp³-hybridized carbons (Fsp3) is 0.263. The first-order valence-corrected chi connectivity index (χ1v) is 9.33. The molecule has 0 unspecified atom stereocenters. The van der Waals surface area contributed by atoms with Gasteiger partial charge in [0, 0.05) is 5.39 Å². The van der Waals surface area contributed by atoms with E-state index < -0.39 is 17.8 Å². The van der Waals surface area contributed by atoms with Crippen molar-refractivity contribution in [2.75, 3.05) is 27.3 Å². The van der Waals surface area contributed by atoms with Crippen LogP contribution in [0, 0.1) is 12.7 Å². The molecule has 0 aliphatic rings. The van der Waals surface area contributed by atoms with E-state index in [1.807, 2.05) is 0 Å². The Morgan fingerprint density at radius 1 is 1.10 bits per heavy atom. The maximum atomic E-state index is 13.2. The van der Waals surface area contributed by atoms with Gasteiger partial charge < -0.3 is 14.4 Å². The number of esters is 2. The summed E-state index contributed by atoms with van der Waals surface area (Å²) in [6, 6.07) is 7.48. The van der Waals surface area contributed by atoms with Crippen LogP contribution in [0.4, 0.5) is 4.39 Å². The topological polar surface area (TPSA) is 90.7 Å². The Kier molecular flexibility index (Phi) is 5.92. The Hall–Kier alpha value is -3.27. The predicted molar refractivity (Wildman–Crippen MR) is 104 cm³/mol. The second-order valence-electron chi connectivity index (χ2n) is 6.12. The molecule has 0 radical (unpaired) electrons. The number of methoxy groups -OCH3 is 2. The molecule has 2 heterocycles. The first-order valence-electron chi connectivity index (χ1n) is 8.52. The molecule has 0 bridgehead atoms. The van der Waals surface area contributed by atoms with E-state index in [0.717, 1.165) is 21.6 Å². The van der Waals surface area contributed by atoms with Crippen LogP contribution in [0.5, 0.6) is 0 Å². The van der Waals surface area contributed by atoms with Gasteiger partial charge in [0.1, 0.15) is 23.7 Å². The van der Waals surface area contributed by atoms with Gasteiger partial charge in [-0.3, -0.25) is 14.4 Å². The Balaban J connectivity index is 1.98. The zero-order valence-electron chi connectivity index (χ0n) is 16.0. The van der Waals surface area contributed by atoms with Gasteiger partial charge in [-0.15, -0.1) is 11.3 Å². The van der Waals surface area contributed by atoms with E-state index in [1.54, 1.807) is 29.8 Å². The largest absolute Gasteiger partial charge is 0.468 e. The first kappa shape index (κ1) is 20.5. The molecular formula is C19H18FN3O5S. The zero-order valence-corrected chi connectivity index (χ0v) is 16.8. The lowest BCUT2D eigenvalue weighted by atomic mass is 10.3. The Bertz CT molecular complexity index is 1060. The monoisotopic (exact) mass is 419 g/mol. The molecule has 29 heavy (non-hydrogen) atoms. The van der Waals surface area contributed by atoms with E-state index in [9.17, 15) is 18.8 Å². The van der Waals surface area contributed by atoms with Gasteiger partial charge in [-0.25, -0.2) is 9.07 Å². The highest BCUT2D eigenvalue weighted by Crippen LogP contribution is 2.31. The molecule has 152 valence electrons. The molecule has 0 saturated carbocycles. The summed E-state index contributed by atoms with van der Waals surface area (Å²) in [7, 11) is 2.40. The van der Waals surface area contributed by atoms with E-state index in [0.29, 0.717) is 21.1 Å². The number of hydrogen-bond donors (Lipinski definition) is 0. The number of carbonyl (C=O) groups is 3. The number of nitrogens with zero attached hydrogens (tertiary/aromatic N) is 3. The van der Waals surface area contributed by atoms with Gasteiger partial charge in [0.05, 0.1) is 30.5 Å². The molecule has 1 aromatic carbocycles. The number of halogens is 1. The number of aromatic nitrogens is 2. The number of aryl methyl sites for hydroxylation is 1. The molecule has 1 amide bonds. The van der Waals surface area contributed by atoms with E-state index in [2.05, 4.69) is 14.6 Å². The van der Waals surface area contributed by atoms with Gasteiger partial charge >= 0.3 is 11.9 Å². The van der Waals surface area contributed by atoms with Crippen molar-refractivity contribution >= 4 is 39.4 Å². The van der Waals surface area contributed by atoms with Crippen molar-refractivity contribution in [2.45, 2.75) is 6.92 Å². The lowest BCUT2D eigenvalue weighted by molar-refractivity contribution is -0.144. The molecule has 8 nitrogen and oxygen atoms in total. The lowest BCUT2D eigenvalue weighted by Crippen LogP contribution is -2.39. The van der Waals surface area contributed by atoms with E-state index in [4.69, 9.17) is 0 Å². The molecule has 10 heteroatoms. The standard InChI is InChI=1S/C19H18FN3O5S/c1-11-14-8-15(18(26)22(9-16(24)27-2)10-17(25)28-3)29-19(14)23(21-11)13-6-4-12(20)5-7-13/h4-8H,9-10H2,1-3H3. The molecular weight excluding hydrogens is 401 g/mol. The van der Waals surface area contributed by atoms with Crippen molar-refractivity contribution < 1.29 is 28.2 Å². The summed E-state index contributed by atoms with van der Waals surface area (Å²) in [6.45, 7) is 1.02. The second-order valence-corrected chi connectivity index (χ2v) is 7.15. The van der Waals surface area contributed by atoms with Gasteiger partial charge in [-0.2, -0.15) is 5.10 Å². The van der Waals surface area contributed by atoms with E-state index in [-0.39, 0.29) is 18.9 Å². The van der Waals surface area contributed by atoms with Gasteiger partial charge in [-0.05, 0) is 37.3 Å². The Labute approximate surface area is 169 Å². The average molecular weight is 419 g/mol. The Morgan fingerprint density at radius 2 is 1.69 bits per heavy atom. The van der Waals surface area contributed by atoms with Crippen molar-refractivity contribution in [3.8, 4) is 5.69 Å². The smallest absolute Gasteiger partial charge is 0.325 e. The van der Waals surface area contributed by atoms with Gasteiger partial charge in [0.15, 0.2) is 0 Å². The van der Waals surface area contributed by atoms with E-state index >= 15 is 0 Å². The highest BCUT2D eigenvalue weighted by molar-refractivity contribution is 7.20. The molecule has 0 fully saturated rings. The maximum absolute atomic E-state index is 13.2. The molecule has 0 saturated heterocycles. The maximum Gasteiger partial charge on any atom is 0.325 e. The molecule has 0 atom stereocenters. The van der Waals surface area contributed by atoms with Gasteiger partial charge in [-0.1, -0.05) is 0 Å². The molecule has 0 aliphatic carbocycles. The third kappa shape index (κ3) is 4.27. The van der Waals surface area contributed by atoms with Crippen LogP contribution in [0.15, 0.2) is 30.3 Å². The van der Waals surface area contributed by atoms with Crippen molar-refractivity contribution in [3.05, 3.63) is 46.7 Å². The van der Waals surface area contributed by atoms with Crippen molar-refractivity contribution in [1.29, 1.82) is 0 Å². The SMILES string of the molecule is COC(=O)CN(CC(=O)OC)C(=O)c1cc2c(C)nn(-c3ccc(F)cc3)c2s1. The summed E-state index contributed by atoms with van der Waals surface area (Å²) in [4.78, 5) is 38.4. The summed E-state index contributed by atoms with van der Waals surface area (Å²) in [6.07, 6.45) is 0. The van der Waals surface area contributed by atoms with Crippen molar-refractivity contribution in [1.82, 2.24) is 14.7 Å². The van der Waals surface area contributed by atoms with Crippen LogP contribution in [0.25, 0.3) is 15.9 Å². The predicted octanol–water partition coefficient (Wildman–Crippen LogP) is 2.32. The summed E-state index contributed by atoms with van der Waals surface area (Å²) in [5.74, 6) is -2.18. The average Bonchev–Trinajstić information content (AvgIpc) is 3.28. The summed E-state index contributed by atoms with van der Waals surface area (Å²) in [5, 5.41) is 5.20. The number of ether oxygens (including phenoxy) is 2. The zero-order chi connectivity index (χ0) is 21.1. The molecule has 3 aromatic rings. The molecule has 0 spiro atoms. The van der Waals surface area contributed by atoms with Crippen LogP contribution < -0.4 is 0 Å². The molecule has 2 aromatic heterocycles. The number of rotatable bonds is 6. The number of carbonyl (C=O) groups excluding carboxylic acids is 3. The second kappa shape index (κ2) is 8.39. The third-order valence-corrected chi connectivity index (χ3v) is 5.31. The number of hydrogen-bond acceptors (Lipinski definition) is 7. The van der Waals surface area contributed by atoms with Crippen LogP contribution in [-0.2, 0) is 19.1 Å². The van der Waals surface area contributed by atoms with Crippen LogP contribution in [-0.4, -0.2) is 59.8 Å². The van der Waals surface area contributed by atoms with Crippen molar-refractivity contribution in [3.63, 3.8) is 0 Å². The minimum Gasteiger partial charge on any atom is -0.468 e. The highest BCUT2D eigenvalue weighted by Gasteiger charge is 2.25. The fourth-order valence-electron chi connectivity index (χ4n) is 2.71. The summed E-state index contributed by atoms with van der Waals surface area (Å²) in [5.41, 5.74) is 1.33. The number of amides is 1. The minimum absolute atomic E-state index is 0.323. The fourth-order valence-corrected chi connectivity index (χ4v) is 3.86. The van der Waals surface area contributed by atoms with Gasteiger partial charge in [0.25, 0.3) is 5.91 Å². The lowest BCUT2D eigenvalue weighted by Gasteiger charge is -2.19. The molecule has 3 rings (SSSR count). The molecule has 0 N–H and O–H groups in total. The summed E-state index contributed by atoms with van der Waals surface area (Å²) < 4.78 is 24.1. The Morgan fingerprint density at radius 3 is 2.24 bits per heavy atom. The van der Waals surface area contributed by atoms with E-state index in [1.165, 1.54) is 26.4 Å². The van der Waals surface area contributed by atoms with Crippen LogP contribution in [0.1, 0.15) is 15.4 Å². The first-order chi connectivity index (χ1) is 13.8. The number of thiophene rings is 1. The highest BCUT2D eigenvalue weighted by atomic mass is 32.1. The van der Waals surface area contributed by atoms with Gasteiger partial charge in [0.2, 0.25) is 0 Å².